The normalized spacial score (nSPS) is 21.5. The van der Waals surface area contributed by atoms with E-state index in [-0.39, 0.29) is 128 Å². The Balaban J connectivity index is 0.000000316. The zero-order chi connectivity index (χ0) is 110. The van der Waals surface area contributed by atoms with Crippen LogP contribution in [0.25, 0.3) is 0 Å². The van der Waals surface area contributed by atoms with E-state index in [1.54, 1.807) is 110 Å². The Morgan fingerprint density at radius 2 is 1.15 bits per heavy atom. The number of aliphatic hydroxyl groups is 5. The van der Waals surface area contributed by atoms with Crippen molar-refractivity contribution in [2.24, 2.45) is 56.9 Å². The number of nitrogens with one attached hydrogen (secondary N) is 6. The highest BCUT2D eigenvalue weighted by Crippen LogP contribution is 2.65. The molecule has 0 spiro atoms. The van der Waals surface area contributed by atoms with Gasteiger partial charge in [0.15, 0.2) is 40.8 Å². The highest BCUT2D eigenvalue weighted by molar-refractivity contribution is 6.13. The summed E-state index contributed by atoms with van der Waals surface area (Å²) in [6.45, 7) is 12.4. The van der Waals surface area contributed by atoms with Crippen molar-refractivity contribution in [3.8, 4) is 11.5 Å². The molecule has 8 unspecified atom stereocenters. The van der Waals surface area contributed by atoms with Gasteiger partial charge in [0, 0.05) is 114 Å². The standard InChI is InChI=1S/C63H71N3O18.C46H63N7O13/c1-34(2)29-44(64-36(4)67)56(73)65-43-27-25-39(26-28-43)32-78-59(76)82-51(49(40-19-13-10-14-20-40)66-55(72)41-21-15-11-16-22-41)58(75)81-45-31-63(77)54(83-57(74)42-23-17-12-18-24-42)52-61(9,46(70)30-47-62(52,33-79-47)84-38(6)69)53(71)50(80-37(5)68)48(35(45)3)60(63,7)8;1-28(25-54)20-38(59)36(22-30-10-14-34(58)15-11-30)51-44(65)31(21-29-8-12-33(57)13-9-29)23-40(61)37(27-56)52-45(66)32(26-55)24-39(60)35(6-5-18-49-46(47)48)50-41(62)7-3-2-4-19-53-42(63)16-17-43(53)64/h10-28,34,44-47,49-52,54,70,77H,29-33H2,1-9H3,(H,64,67)(H,65,73)(H,66,72);8-17,28,31-32,35-37,54-58H,2-7,18-27H2,1H3,(H,50,62)(H,51,65)(H,52,66)(H4,47,48,49)/t44?,45-,46-,47+,49-,50+,51+,52?,54-,61+,62-,63+;/m0./s1. The van der Waals surface area contributed by atoms with E-state index >= 15 is 9.59 Å². The van der Waals surface area contributed by atoms with Crippen LogP contribution in [0, 0.1) is 40.4 Å². The maximum atomic E-state index is 15.9. The molecule has 17 N–H and O–H groups in total. The number of phenols is 2. The summed E-state index contributed by atoms with van der Waals surface area (Å²) in [5.74, 6) is -16.1. The van der Waals surface area contributed by atoms with Gasteiger partial charge in [-0.1, -0.05) is 144 Å². The number of nitrogens with zero attached hydrogens (tertiary/aromatic N) is 2. The number of Topliss-reactive ketones (excluding diaryl/α,β-unsaturated/α-hetero) is 4. The molecule has 2 bridgehead atoms. The highest BCUT2D eigenvalue weighted by atomic mass is 16.7. The third kappa shape index (κ3) is 30.3. The number of unbranched alkanes of at least 4 members (excludes halogenated alkanes) is 2. The molecule has 1 saturated heterocycles. The smallest absolute Gasteiger partial charge is 0.508 e. The van der Waals surface area contributed by atoms with Crippen molar-refractivity contribution in [2.45, 2.75) is 244 Å². The lowest BCUT2D eigenvalue weighted by molar-refractivity contribution is -0.346. The number of amides is 8. The van der Waals surface area contributed by atoms with Gasteiger partial charge in [-0.05, 0) is 165 Å². The summed E-state index contributed by atoms with van der Waals surface area (Å²) < 4.78 is 42.5. The number of fused-ring (bicyclic) bond motifs is 5. The molecule has 41 heteroatoms. The molecule has 0 aromatic heterocycles. The Kier molecular flexibility index (Phi) is 41.7. The van der Waals surface area contributed by atoms with E-state index in [0.717, 1.165) is 18.7 Å². The summed E-state index contributed by atoms with van der Waals surface area (Å²) in [6, 6.07) is 35.7. The van der Waals surface area contributed by atoms with Crippen molar-refractivity contribution in [1.82, 2.24) is 31.5 Å². The summed E-state index contributed by atoms with van der Waals surface area (Å²) in [5, 5.41) is 92.1. The number of imide groups is 1. The maximum Gasteiger partial charge on any atom is 0.509 e. The number of phenolic OH excluding ortho intramolecular Hbond substituents is 2. The van der Waals surface area contributed by atoms with Crippen molar-refractivity contribution in [1.29, 1.82) is 0 Å². The predicted octanol–water partition coefficient (Wildman–Crippen LogP) is 6.19. The van der Waals surface area contributed by atoms with Gasteiger partial charge in [0.2, 0.25) is 35.6 Å². The summed E-state index contributed by atoms with van der Waals surface area (Å²) in [4.78, 5) is 236. The van der Waals surface area contributed by atoms with Crippen LogP contribution in [0.3, 0.4) is 0 Å². The van der Waals surface area contributed by atoms with E-state index in [9.17, 15) is 108 Å². The predicted molar refractivity (Wildman–Crippen MR) is 539 cm³/mol. The third-order valence-corrected chi connectivity index (χ3v) is 27.6. The van der Waals surface area contributed by atoms with Crippen LogP contribution in [-0.2, 0) is 120 Å². The molecule has 8 amide bonds. The highest BCUT2D eigenvalue weighted by Gasteiger charge is 2.79. The van der Waals surface area contributed by atoms with Crippen molar-refractivity contribution in [3.05, 3.63) is 220 Å². The number of anilines is 1. The first kappa shape index (κ1) is 117. The lowest BCUT2D eigenvalue weighted by Crippen LogP contribution is -2.82. The Bertz CT molecular complexity index is 5900. The molecule has 11 rings (SSSR count). The molecule has 806 valence electrons. The van der Waals surface area contributed by atoms with E-state index in [1.165, 1.54) is 107 Å². The molecule has 41 nitrogen and oxygen atoms in total. The topological polar surface area (TPSA) is 636 Å². The molecule has 3 fully saturated rings. The second kappa shape index (κ2) is 53.4. The zero-order valence-corrected chi connectivity index (χ0v) is 85.3. The van der Waals surface area contributed by atoms with Gasteiger partial charge >= 0.3 is 30.0 Å². The number of aromatic hydroxyl groups is 2. The molecule has 0 radical (unpaired) electrons. The van der Waals surface area contributed by atoms with Crippen LogP contribution in [0.5, 0.6) is 11.5 Å². The van der Waals surface area contributed by atoms with Gasteiger partial charge in [-0.15, -0.1) is 0 Å². The van der Waals surface area contributed by atoms with Gasteiger partial charge in [-0.25, -0.2) is 14.4 Å². The average Bonchev–Trinajstić information content (AvgIpc) is 0.672. The van der Waals surface area contributed by atoms with Crippen LogP contribution in [0.4, 0.5) is 10.5 Å². The van der Waals surface area contributed by atoms with Gasteiger partial charge in [0.05, 0.1) is 60.8 Å². The minimum atomic E-state index is -2.53. The SMILES string of the molecule is CC(=O)NC(CC(C)C)C(=O)Nc1ccc(COC(=O)O[C@@H](C(=O)O[C@H]2C[C@@]3(O)[C@@H](OC(=O)c4ccccc4)C4[C@](C)(C(=O)[C@H](OC(C)=O)C(=C2C)C3(C)C)[C@@H](O)C[C@H]2OC[C@@]42OC(C)=O)[C@@H](NC(=O)c2ccccc2)c2ccccc2)cc1.CC(CO)CC(=O)C(Cc1ccc(O)cc1)NC(=O)C(CC(=O)C(CO)NC(=O)C(CO)CC(=O)C(CCCN=C(N)N)NC(=O)CCCCCN1C(=O)C=CC1=O)Cc1ccc(O)cc1. The minimum Gasteiger partial charge on any atom is -0.508 e. The van der Waals surface area contributed by atoms with Crippen molar-refractivity contribution in [2.75, 3.05) is 44.8 Å². The monoisotopic (exact) mass is 2080 g/mol. The first-order valence-corrected chi connectivity index (χ1v) is 49.6. The number of hydrogen-bond acceptors (Lipinski definition) is 32. The van der Waals surface area contributed by atoms with Crippen LogP contribution in [0.2, 0.25) is 0 Å². The van der Waals surface area contributed by atoms with Gasteiger partial charge < -0.3 is 112 Å². The number of rotatable bonds is 49. The fourth-order valence-electron chi connectivity index (χ4n) is 19.5. The molecule has 2 aliphatic heterocycles. The molecule has 6 aromatic carbocycles. The largest absolute Gasteiger partial charge is 0.509 e. The summed E-state index contributed by atoms with van der Waals surface area (Å²) >= 11 is 0. The first-order chi connectivity index (χ1) is 71.1. The Morgan fingerprint density at radius 3 is 1.71 bits per heavy atom. The van der Waals surface area contributed by atoms with Crippen molar-refractivity contribution < 1.29 is 150 Å². The lowest BCUT2D eigenvalue weighted by atomic mass is 9.44. The van der Waals surface area contributed by atoms with E-state index in [2.05, 4.69) is 36.9 Å². The van der Waals surface area contributed by atoms with Gasteiger partial charge in [-0.3, -0.25) is 77.0 Å². The summed E-state index contributed by atoms with van der Waals surface area (Å²) in [6.07, 6.45) is -9.53. The minimum absolute atomic E-state index is 0.00604. The number of carbonyl (C=O) groups is 17. The molecule has 150 heavy (non-hydrogen) atoms. The quantitative estimate of drug-likeness (QED) is 0.00385. The van der Waals surface area contributed by atoms with Crippen molar-refractivity contribution >= 4 is 112 Å². The third-order valence-electron chi connectivity index (χ3n) is 27.6. The number of ketones is 4. The number of carbonyl (C=O) groups excluding carboxylic acids is 17. The van der Waals surface area contributed by atoms with Crippen LogP contribution >= 0.6 is 0 Å². The fraction of sp³-hybridized carbons (Fsp3) is 0.468. The number of guanidine groups is 1. The van der Waals surface area contributed by atoms with E-state index < -0.39 is 246 Å². The Morgan fingerprint density at radius 1 is 0.587 bits per heavy atom. The summed E-state index contributed by atoms with van der Waals surface area (Å²) in [5.41, 5.74) is 4.87. The second-order valence-corrected chi connectivity index (χ2v) is 39.5. The first-order valence-electron chi connectivity index (χ1n) is 49.6. The number of benzene rings is 6. The molecule has 5 aliphatic rings. The van der Waals surface area contributed by atoms with Crippen LogP contribution in [-0.4, -0.2) is 259 Å². The summed E-state index contributed by atoms with van der Waals surface area (Å²) in [7, 11) is 0. The number of hydrogen-bond donors (Lipinski definition) is 15. The van der Waals surface area contributed by atoms with Gasteiger partial charge in [0.25, 0.3) is 17.7 Å². The Labute approximate surface area is 867 Å². The fourth-order valence-corrected chi connectivity index (χ4v) is 19.5. The van der Waals surface area contributed by atoms with E-state index in [4.69, 9.17) is 44.6 Å². The molecule has 2 saturated carbocycles. The number of nitrogens with two attached hydrogens (primary N) is 2. The van der Waals surface area contributed by atoms with Gasteiger partial charge in [-0.2, -0.15) is 0 Å². The van der Waals surface area contributed by atoms with Crippen LogP contribution in [0.1, 0.15) is 195 Å². The molecule has 3 aliphatic carbocycles. The number of aliphatic imine (C=N–C) groups is 1. The van der Waals surface area contributed by atoms with Crippen molar-refractivity contribution in [3.63, 3.8) is 0 Å². The molecular weight excluding hydrogens is 1950 g/mol. The zero-order valence-electron chi connectivity index (χ0n) is 85.3. The Hall–Kier alpha value is -14.8. The molecule has 18 atom stereocenters. The van der Waals surface area contributed by atoms with Crippen LogP contribution in [0.15, 0.2) is 192 Å². The van der Waals surface area contributed by atoms with Crippen LogP contribution < -0.4 is 43.4 Å². The molecular formula is C109H134N10O31. The molecule has 2 heterocycles. The number of aliphatic hydroxyl groups excluding tert-OH is 4. The van der Waals surface area contributed by atoms with E-state index in [1.807, 2.05) is 13.8 Å². The number of ether oxygens (including phenoxy) is 7. The molecule has 6 aromatic rings. The second-order valence-electron chi connectivity index (χ2n) is 39.5. The number of esters is 4. The lowest BCUT2D eigenvalue weighted by Gasteiger charge is -2.67. The van der Waals surface area contributed by atoms with Gasteiger partial charge in [0.1, 0.15) is 60.1 Å². The maximum absolute atomic E-state index is 15.9. The van der Waals surface area contributed by atoms with E-state index in [0.29, 0.717) is 48.1 Å². The average molecular weight is 2080 g/mol.